The Morgan fingerprint density at radius 3 is 2.38 bits per heavy atom. The van der Waals surface area contributed by atoms with Crippen molar-refractivity contribution in [3.8, 4) is 0 Å². The third-order valence-electron chi connectivity index (χ3n) is 4.38. The molecule has 0 aliphatic heterocycles. The molecule has 2 aromatic carbocycles. The van der Waals surface area contributed by atoms with Crippen LogP contribution in [-0.4, -0.2) is 34.8 Å². The SMILES string of the molecule is CC(C)C[C@@H](C=O)N(Nc1ccc(Cl)cc1C(=O)c1ccccc1F)C(=O)OC(C)(C)C. The van der Waals surface area contributed by atoms with Crippen molar-refractivity contribution in [2.24, 2.45) is 5.92 Å². The molecular weight excluding hydrogens is 435 g/mol. The molecule has 2 rings (SSSR count). The number of hydrogen-bond donors (Lipinski definition) is 1. The Morgan fingerprint density at radius 2 is 1.81 bits per heavy atom. The molecule has 0 unspecified atom stereocenters. The predicted molar refractivity (Wildman–Crippen MR) is 122 cm³/mol. The van der Waals surface area contributed by atoms with E-state index in [0.717, 1.165) is 5.01 Å². The zero-order valence-electron chi connectivity index (χ0n) is 18.8. The lowest BCUT2D eigenvalue weighted by molar-refractivity contribution is -0.112. The second kappa shape index (κ2) is 10.6. The van der Waals surface area contributed by atoms with Gasteiger partial charge in [0, 0.05) is 10.6 Å². The van der Waals surface area contributed by atoms with Gasteiger partial charge >= 0.3 is 6.09 Å². The Hall–Kier alpha value is -2.93. The van der Waals surface area contributed by atoms with Gasteiger partial charge in [0.15, 0.2) is 5.78 Å². The first kappa shape index (κ1) is 25.3. The van der Waals surface area contributed by atoms with Gasteiger partial charge in [-0.25, -0.2) is 14.2 Å². The van der Waals surface area contributed by atoms with Crippen molar-refractivity contribution in [3.05, 3.63) is 64.4 Å². The molecule has 0 saturated heterocycles. The van der Waals surface area contributed by atoms with Gasteiger partial charge in [0.2, 0.25) is 0 Å². The van der Waals surface area contributed by atoms with E-state index in [0.29, 0.717) is 12.7 Å². The van der Waals surface area contributed by atoms with Gasteiger partial charge in [-0.3, -0.25) is 10.2 Å². The topological polar surface area (TPSA) is 75.7 Å². The molecule has 0 aliphatic rings. The molecule has 0 aromatic heterocycles. The van der Waals surface area contributed by atoms with Crippen molar-refractivity contribution in [2.45, 2.75) is 52.7 Å². The van der Waals surface area contributed by atoms with E-state index in [4.69, 9.17) is 16.3 Å². The van der Waals surface area contributed by atoms with Crippen LogP contribution in [0, 0.1) is 11.7 Å². The number of carbonyl (C=O) groups is 3. The zero-order chi connectivity index (χ0) is 24.1. The van der Waals surface area contributed by atoms with E-state index in [1.165, 1.54) is 36.4 Å². The number of ether oxygens (including phenoxy) is 1. The standard InChI is InChI=1S/C24H28ClFN2O4/c1-15(2)12-17(14-29)28(23(31)32-24(3,4)5)27-21-11-10-16(25)13-19(21)22(30)18-8-6-7-9-20(18)26/h6-11,13-15,17,27H,12H2,1-5H3/t17-/m0/s1. The number of hydrazine groups is 1. The minimum Gasteiger partial charge on any atom is -0.442 e. The zero-order valence-corrected chi connectivity index (χ0v) is 19.6. The highest BCUT2D eigenvalue weighted by molar-refractivity contribution is 6.31. The van der Waals surface area contributed by atoms with Gasteiger partial charge in [0.25, 0.3) is 0 Å². The average Bonchev–Trinajstić information content (AvgIpc) is 2.69. The molecule has 0 heterocycles. The van der Waals surface area contributed by atoms with E-state index in [2.05, 4.69) is 5.43 Å². The van der Waals surface area contributed by atoms with Gasteiger partial charge in [-0.15, -0.1) is 0 Å². The van der Waals surface area contributed by atoms with Crippen molar-refractivity contribution in [1.82, 2.24) is 5.01 Å². The summed E-state index contributed by atoms with van der Waals surface area (Å²) in [6, 6.07) is 9.10. The molecule has 1 amide bonds. The summed E-state index contributed by atoms with van der Waals surface area (Å²) in [6.07, 6.45) is 0.222. The third-order valence-corrected chi connectivity index (χ3v) is 4.61. The lowest BCUT2D eigenvalue weighted by Crippen LogP contribution is -2.48. The first-order valence-corrected chi connectivity index (χ1v) is 10.6. The van der Waals surface area contributed by atoms with Gasteiger partial charge in [0.05, 0.1) is 11.3 Å². The average molecular weight is 463 g/mol. The van der Waals surface area contributed by atoms with Gasteiger partial charge in [-0.1, -0.05) is 37.6 Å². The van der Waals surface area contributed by atoms with Crippen molar-refractivity contribution in [2.75, 3.05) is 5.43 Å². The summed E-state index contributed by atoms with van der Waals surface area (Å²) >= 11 is 6.10. The second-order valence-electron chi connectivity index (χ2n) is 8.79. The van der Waals surface area contributed by atoms with Crippen LogP contribution in [0.5, 0.6) is 0 Å². The number of ketones is 1. The van der Waals surface area contributed by atoms with E-state index < -0.39 is 29.3 Å². The minimum absolute atomic E-state index is 0.0466. The van der Waals surface area contributed by atoms with Crippen LogP contribution in [0.1, 0.15) is 57.0 Å². The van der Waals surface area contributed by atoms with Gasteiger partial charge in [-0.2, -0.15) is 0 Å². The number of anilines is 1. The predicted octanol–water partition coefficient (Wildman–Crippen LogP) is 5.89. The summed E-state index contributed by atoms with van der Waals surface area (Å²) in [4.78, 5) is 37.9. The molecule has 0 spiro atoms. The highest BCUT2D eigenvalue weighted by Gasteiger charge is 2.30. The Morgan fingerprint density at radius 1 is 1.16 bits per heavy atom. The van der Waals surface area contributed by atoms with Crippen molar-refractivity contribution in [1.29, 1.82) is 0 Å². The summed E-state index contributed by atoms with van der Waals surface area (Å²) in [5.41, 5.74) is 2.13. The Labute approximate surface area is 192 Å². The highest BCUT2D eigenvalue weighted by Crippen LogP contribution is 2.27. The fourth-order valence-electron chi connectivity index (χ4n) is 3.00. The van der Waals surface area contributed by atoms with Crippen LogP contribution in [0.25, 0.3) is 0 Å². The summed E-state index contributed by atoms with van der Waals surface area (Å²) in [5, 5.41) is 1.31. The number of nitrogens with zero attached hydrogens (tertiary/aromatic N) is 1. The quantitative estimate of drug-likeness (QED) is 0.301. The molecule has 0 bridgehead atoms. The molecule has 2 aromatic rings. The molecule has 0 aliphatic carbocycles. The first-order chi connectivity index (χ1) is 14.9. The van der Waals surface area contributed by atoms with Crippen molar-refractivity contribution < 1.29 is 23.5 Å². The molecule has 0 radical (unpaired) electrons. The maximum atomic E-state index is 14.3. The van der Waals surface area contributed by atoms with Gasteiger partial charge in [0.1, 0.15) is 23.7 Å². The number of aldehydes is 1. The fraction of sp³-hybridized carbons (Fsp3) is 0.375. The molecule has 0 fully saturated rings. The number of carbonyl (C=O) groups excluding carboxylic acids is 3. The van der Waals surface area contributed by atoms with E-state index in [1.54, 1.807) is 26.8 Å². The number of hydrogen-bond acceptors (Lipinski definition) is 5. The third kappa shape index (κ3) is 6.79. The van der Waals surface area contributed by atoms with E-state index in [1.807, 2.05) is 13.8 Å². The molecular formula is C24H28ClFN2O4. The lowest BCUT2D eigenvalue weighted by atomic mass is 10.0. The van der Waals surface area contributed by atoms with Gasteiger partial charge < -0.3 is 9.53 Å². The summed E-state index contributed by atoms with van der Waals surface area (Å²) < 4.78 is 19.7. The monoisotopic (exact) mass is 462 g/mol. The number of halogens is 2. The number of amides is 1. The second-order valence-corrected chi connectivity index (χ2v) is 9.23. The van der Waals surface area contributed by atoms with Crippen LogP contribution in [0.15, 0.2) is 42.5 Å². The number of rotatable bonds is 8. The van der Waals surface area contributed by atoms with E-state index in [-0.39, 0.29) is 27.8 Å². The summed E-state index contributed by atoms with van der Waals surface area (Å²) in [6.45, 7) is 8.95. The normalized spacial score (nSPS) is 12.2. The molecule has 32 heavy (non-hydrogen) atoms. The molecule has 172 valence electrons. The number of benzene rings is 2. The van der Waals surface area contributed by atoms with Crippen molar-refractivity contribution >= 4 is 35.5 Å². The molecule has 1 atom stereocenters. The fourth-order valence-corrected chi connectivity index (χ4v) is 3.17. The molecule has 1 N–H and O–H groups in total. The molecule has 8 heteroatoms. The lowest BCUT2D eigenvalue weighted by Gasteiger charge is -2.32. The molecule has 6 nitrogen and oxygen atoms in total. The first-order valence-electron chi connectivity index (χ1n) is 10.3. The summed E-state index contributed by atoms with van der Waals surface area (Å²) in [5.74, 6) is -1.21. The molecule has 0 saturated carbocycles. The Balaban J connectivity index is 2.51. The Kier molecular flexibility index (Phi) is 8.38. The van der Waals surface area contributed by atoms with Crippen LogP contribution in [0.4, 0.5) is 14.9 Å². The van der Waals surface area contributed by atoms with Crippen LogP contribution in [0.3, 0.4) is 0 Å². The maximum Gasteiger partial charge on any atom is 0.429 e. The number of nitrogens with one attached hydrogen (secondary N) is 1. The van der Waals surface area contributed by atoms with E-state index in [9.17, 15) is 18.8 Å². The van der Waals surface area contributed by atoms with Crippen LogP contribution in [-0.2, 0) is 9.53 Å². The maximum absolute atomic E-state index is 14.3. The van der Waals surface area contributed by atoms with E-state index >= 15 is 0 Å². The van der Waals surface area contributed by atoms with Crippen molar-refractivity contribution in [3.63, 3.8) is 0 Å². The largest absolute Gasteiger partial charge is 0.442 e. The highest BCUT2D eigenvalue weighted by atomic mass is 35.5. The Bertz CT molecular complexity index is 988. The van der Waals surface area contributed by atoms with Crippen LogP contribution >= 0.6 is 11.6 Å². The summed E-state index contributed by atoms with van der Waals surface area (Å²) in [7, 11) is 0. The minimum atomic E-state index is -0.864. The van der Waals surface area contributed by atoms with Crippen LogP contribution in [0.2, 0.25) is 5.02 Å². The van der Waals surface area contributed by atoms with Crippen LogP contribution < -0.4 is 5.43 Å². The smallest absolute Gasteiger partial charge is 0.429 e. The van der Waals surface area contributed by atoms with Gasteiger partial charge in [-0.05, 0) is 63.4 Å².